The molecule has 2 aliphatic rings. The molecule has 0 unspecified atom stereocenters. The average molecular weight is 610 g/mol. The van der Waals surface area contributed by atoms with E-state index in [1.807, 2.05) is 6.07 Å². The van der Waals surface area contributed by atoms with Crippen LogP contribution in [0.3, 0.4) is 0 Å². The lowest BCUT2D eigenvalue weighted by atomic mass is 9.83. The zero-order valence-electron chi connectivity index (χ0n) is 25.9. The van der Waals surface area contributed by atoms with Gasteiger partial charge in [-0.15, -0.1) is 0 Å². The van der Waals surface area contributed by atoms with Gasteiger partial charge in [-0.25, -0.2) is 0 Å². The van der Waals surface area contributed by atoms with Crippen molar-refractivity contribution in [1.29, 1.82) is 0 Å². The van der Waals surface area contributed by atoms with Crippen molar-refractivity contribution in [2.75, 3.05) is 4.90 Å². The molecule has 6 bridgehead atoms. The fraction of sp³-hybridized carbons (Fsp3) is 0. The lowest BCUT2D eigenvalue weighted by Gasteiger charge is -2.29. The van der Waals surface area contributed by atoms with E-state index < -0.39 is 0 Å². The first-order valence-electron chi connectivity index (χ1n) is 16.5. The van der Waals surface area contributed by atoms with E-state index in [-0.39, 0.29) is 0 Å². The van der Waals surface area contributed by atoms with Gasteiger partial charge >= 0.3 is 0 Å². The van der Waals surface area contributed by atoms with E-state index in [9.17, 15) is 0 Å². The first-order valence-corrected chi connectivity index (χ1v) is 16.5. The SMILES string of the molecule is c1ccc2c(c1)-c1cccc3c1-c1cc(N(c4cccc5ccccc45)c4cccc5oc6ccccc6c45)ccc1-c1cccc-3c1-2. The van der Waals surface area contributed by atoms with Crippen molar-refractivity contribution < 1.29 is 4.42 Å². The van der Waals surface area contributed by atoms with Crippen LogP contribution in [0.4, 0.5) is 17.1 Å². The maximum absolute atomic E-state index is 6.43. The number of rotatable bonds is 3. The van der Waals surface area contributed by atoms with Gasteiger partial charge in [0.25, 0.3) is 0 Å². The molecule has 2 aliphatic carbocycles. The standard InChI is InChI=1S/C46H27NO/c1-2-13-30-28(11-1)12-7-21-40(30)47(41-22-10-24-43-46(41)38-16-5-6-23-42(38)48-43)29-25-26-32-35-18-9-19-36-37-20-8-17-34(45(37)39(32)27-29)31-14-3-4-15-33(31)44(35)36/h1-27H. The van der Waals surface area contributed by atoms with E-state index >= 15 is 0 Å². The van der Waals surface area contributed by atoms with Crippen molar-refractivity contribution >= 4 is 49.8 Å². The molecule has 0 N–H and O–H groups in total. The molecule has 0 aliphatic heterocycles. The molecule has 48 heavy (non-hydrogen) atoms. The molecule has 0 radical (unpaired) electrons. The van der Waals surface area contributed by atoms with E-state index in [4.69, 9.17) is 4.42 Å². The van der Waals surface area contributed by atoms with Crippen molar-refractivity contribution in [2.45, 2.75) is 0 Å². The van der Waals surface area contributed by atoms with Gasteiger partial charge in [-0.05, 0) is 97.4 Å². The smallest absolute Gasteiger partial charge is 0.137 e. The zero-order valence-corrected chi connectivity index (χ0v) is 25.9. The molecule has 8 aromatic carbocycles. The highest BCUT2D eigenvalue weighted by atomic mass is 16.3. The van der Waals surface area contributed by atoms with Crippen LogP contribution >= 0.6 is 0 Å². The normalized spacial score (nSPS) is 12.2. The largest absolute Gasteiger partial charge is 0.456 e. The molecule has 1 aromatic heterocycles. The predicted octanol–water partition coefficient (Wildman–Crippen LogP) is 13.2. The Kier molecular flexibility index (Phi) is 5.14. The Balaban J connectivity index is 1.26. The summed E-state index contributed by atoms with van der Waals surface area (Å²) < 4.78 is 6.43. The zero-order chi connectivity index (χ0) is 31.3. The molecular formula is C46H27NO. The Morgan fingerprint density at radius 2 is 0.896 bits per heavy atom. The number of anilines is 3. The van der Waals surface area contributed by atoms with E-state index in [1.54, 1.807) is 0 Å². The lowest BCUT2D eigenvalue weighted by Crippen LogP contribution is -2.11. The van der Waals surface area contributed by atoms with E-state index in [0.29, 0.717) is 0 Å². The summed E-state index contributed by atoms with van der Waals surface area (Å²) in [5.41, 5.74) is 18.0. The summed E-state index contributed by atoms with van der Waals surface area (Å²) in [7, 11) is 0. The van der Waals surface area contributed by atoms with E-state index in [0.717, 1.165) is 39.0 Å². The second-order valence-corrected chi connectivity index (χ2v) is 12.8. The van der Waals surface area contributed by atoms with Crippen LogP contribution in [-0.4, -0.2) is 0 Å². The van der Waals surface area contributed by atoms with Gasteiger partial charge in [0, 0.05) is 16.5 Å². The summed E-state index contributed by atoms with van der Waals surface area (Å²) in [6, 6.07) is 59.7. The summed E-state index contributed by atoms with van der Waals surface area (Å²) in [5.74, 6) is 0. The number of hydrogen-bond acceptors (Lipinski definition) is 2. The molecule has 0 saturated heterocycles. The quantitative estimate of drug-likeness (QED) is 0.198. The number of hydrogen-bond donors (Lipinski definition) is 0. The van der Waals surface area contributed by atoms with Crippen LogP contribution in [-0.2, 0) is 0 Å². The highest BCUT2D eigenvalue weighted by Crippen LogP contribution is 2.58. The third-order valence-corrected chi connectivity index (χ3v) is 10.4. The molecule has 2 nitrogen and oxygen atoms in total. The number of benzene rings is 8. The molecule has 0 spiro atoms. The van der Waals surface area contributed by atoms with Gasteiger partial charge in [0.15, 0.2) is 0 Å². The monoisotopic (exact) mass is 609 g/mol. The molecule has 9 aromatic rings. The Labute approximate surface area is 277 Å². The fourth-order valence-electron chi connectivity index (χ4n) is 8.39. The molecule has 0 amide bonds. The van der Waals surface area contributed by atoms with Crippen LogP contribution in [0.5, 0.6) is 0 Å². The van der Waals surface area contributed by atoms with Crippen LogP contribution in [0.1, 0.15) is 0 Å². The van der Waals surface area contributed by atoms with E-state index in [1.165, 1.54) is 66.4 Å². The van der Waals surface area contributed by atoms with E-state index in [2.05, 4.69) is 163 Å². The van der Waals surface area contributed by atoms with Crippen molar-refractivity contribution in [2.24, 2.45) is 0 Å². The first-order chi connectivity index (χ1) is 23.8. The highest BCUT2D eigenvalue weighted by molar-refractivity contribution is 6.17. The minimum atomic E-state index is 0.882. The molecule has 0 atom stereocenters. The summed E-state index contributed by atoms with van der Waals surface area (Å²) in [6.45, 7) is 0. The summed E-state index contributed by atoms with van der Waals surface area (Å²) in [4.78, 5) is 2.44. The Hall–Kier alpha value is -6.38. The summed E-state index contributed by atoms with van der Waals surface area (Å²) in [6.07, 6.45) is 0. The van der Waals surface area contributed by atoms with Gasteiger partial charge in [-0.1, -0.05) is 127 Å². The molecular weight excluding hydrogens is 583 g/mol. The second-order valence-electron chi connectivity index (χ2n) is 12.8. The van der Waals surface area contributed by atoms with Crippen molar-refractivity contribution in [1.82, 2.24) is 0 Å². The number of para-hydroxylation sites is 1. The fourth-order valence-corrected chi connectivity index (χ4v) is 8.39. The Bertz CT molecular complexity index is 2770. The number of fused-ring (bicyclic) bond motifs is 8. The molecule has 0 fully saturated rings. The van der Waals surface area contributed by atoms with Crippen molar-refractivity contribution in [3.8, 4) is 55.6 Å². The highest BCUT2D eigenvalue weighted by Gasteiger charge is 2.31. The Morgan fingerprint density at radius 3 is 1.73 bits per heavy atom. The van der Waals surface area contributed by atoms with Crippen LogP contribution in [0.2, 0.25) is 0 Å². The number of nitrogens with zero attached hydrogens (tertiary/aromatic N) is 1. The predicted molar refractivity (Wildman–Crippen MR) is 200 cm³/mol. The van der Waals surface area contributed by atoms with Gasteiger partial charge in [0.2, 0.25) is 0 Å². The van der Waals surface area contributed by atoms with Gasteiger partial charge in [-0.3, -0.25) is 0 Å². The molecule has 222 valence electrons. The average Bonchev–Trinajstić information content (AvgIpc) is 3.48. The number of furan rings is 1. The Morgan fingerprint density at radius 1 is 0.354 bits per heavy atom. The van der Waals surface area contributed by atoms with Gasteiger partial charge in [0.1, 0.15) is 11.2 Å². The van der Waals surface area contributed by atoms with Crippen LogP contribution in [0, 0.1) is 0 Å². The van der Waals surface area contributed by atoms with Crippen LogP contribution < -0.4 is 4.90 Å². The van der Waals surface area contributed by atoms with Gasteiger partial charge in [0.05, 0.1) is 16.8 Å². The van der Waals surface area contributed by atoms with Crippen LogP contribution in [0.15, 0.2) is 168 Å². The maximum atomic E-state index is 6.43. The van der Waals surface area contributed by atoms with Crippen LogP contribution in [0.25, 0.3) is 88.3 Å². The van der Waals surface area contributed by atoms with Crippen molar-refractivity contribution in [3.63, 3.8) is 0 Å². The maximum Gasteiger partial charge on any atom is 0.137 e. The first kappa shape index (κ1) is 25.8. The molecule has 11 rings (SSSR count). The second kappa shape index (κ2) is 9.57. The summed E-state index contributed by atoms with van der Waals surface area (Å²) in [5, 5.41) is 4.63. The minimum absolute atomic E-state index is 0.882. The molecule has 0 saturated carbocycles. The third-order valence-electron chi connectivity index (χ3n) is 10.4. The third kappa shape index (κ3) is 3.41. The topological polar surface area (TPSA) is 16.4 Å². The lowest BCUT2D eigenvalue weighted by molar-refractivity contribution is 0.669. The summed E-state index contributed by atoms with van der Waals surface area (Å²) >= 11 is 0. The molecule has 1 heterocycles. The molecule has 2 heteroatoms. The van der Waals surface area contributed by atoms with Gasteiger partial charge in [-0.2, -0.15) is 0 Å². The van der Waals surface area contributed by atoms with Gasteiger partial charge < -0.3 is 9.32 Å². The minimum Gasteiger partial charge on any atom is -0.456 e. The van der Waals surface area contributed by atoms with Crippen molar-refractivity contribution in [3.05, 3.63) is 164 Å².